The van der Waals surface area contributed by atoms with E-state index >= 15 is 0 Å². The van der Waals surface area contributed by atoms with Gasteiger partial charge in [-0.3, -0.25) is 0 Å². The monoisotopic (exact) mass is 243 g/mol. The van der Waals surface area contributed by atoms with E-state index in [1.165, 1.54) is 18.2 Å². The minimum Gasteiger partial charge on any atom is -0.328 e. The third kappa shape index (κ3) is 2.10. The van der Waals surface area contributed by atoms with Gasteiger partial charge in [-0.05, 0) is 37.5 Å². The van der Waals surface area contributed by atoms with E-state index in [1.807, 2.05) is 0 Å². The first-order chi connectivity index (χ1) is 7.50. The Labute approximate surface area is 94.4 Å². The molecule has 0 amide bonds. The molecule has 2 unspecified atom stereocenters. The molecule has 88 valence electrons. The van der Waals surface area contributed by atoms with Gasteiger partial charge in [0.15, 0.2) is 9.84 Å². The second-order valence-electron chi connectivity index (χ2n) is 4.20. The first kappa shape index (κ1) is 11.5. The van der Waals surface area contributed by atoms with Crippen LogP contribution >= 0.6 is 0 Å². The number of halogens is 1. The number of hydrogen-bond acceptors (Lipinski definition) is 3. The number of nitrogens with two attached hydrogens (primary N) is 1. The largest absolute Gasteiger partial charge is 0.328 e. The molecule has 1 aromatic rings. The van der Waals surface area contributed by atoms with Crippen LogP contribution in [0.4, 0.5) is 4.39 Å². The van der Waals surface area contributed by atoms with Gasteiger partial charge in [-0.2, -0.15) is 0 Å². The summed E-state index contributed by atoms with van der Waals surface area (Å²) in [6, 6.07) is 5.10. The van der Waals surface area contributed by atoms with E-state index < -0.39 is 20.9 Å². The lowest BCUT2D eigenvalue weighted by molar-refractivity contribution is 0.574. The van der Waals surface area contributed by atoms with Crippen LogP contribution in [0.15, 0.2) is 29.2 Å². The summed E-state index contributed by atoms with van der Waals surface area (Å²) in [7, 11) is -3.41. The van der Waals surface area contributed by atoms with Crippen molar-refractivity contribution in [2.45, 2.75) is 35.4 Å². The van der Waals surface area contributed by atoms with Crippen LogP contribution in [0.2, 0.25) is 0 Å². The van der Waals surface area contributed by atoms with Crippen LogP contribution in [0.25, 0.3) is 0 Å². The third-order valence-electron chi connectivity index (χ3n) is 2.99. The second-order valence-corrected chi connectivity index (χ2v) is 6.43. The zero-order chi connectivity index (χ0) is 11.8. The summed E-state index contributed by atoms with van der Waals surface area (Å²) in [5.74, 6) is -0.525. The Bertz CT molecular complexity index is 487. The standard InChI is InChI=1S/C11H14FNO2S/c12-8-2-1-3-10(6-8)16(14,15)11-5-4-9(13)7-11/h1-3,6,9,11H,4-5,7,13H2. The molecule has 1 fully saturated rings. The van der Waals surface area contributed by atoms with Crippen molar-refractivity contribution in [3.63, 3.8) is 0 Å². The van der Waals surface area contributed by atoms with Gasteiger partial charge in [-0.15, -0.1) is 0 Å². The van der Waals surface area contributed by atoms with Crippen molar-refractivity contribution >= 4 is 9.84 Å². The highest BCUT2D eigenvalue weighted by atomic mass is 32.2. The Balaban J connectivity index is 2.32. The zero-order valence-electron chi connectivity index (χ0n) is 8.77. The lowest BCUT2D eigenvalue weighted by Gasteiger charge is -2.11. The Hall–Kier alpha value is -0.940. The van der Waals surface area contributed by atoms with E-state index in [1.54, 1.807) is 0 Å². The van der Waals surface area contributed by atoms with Gasteiger partial charge >= 0.3 is 0 Å². The molecule has 16 heavy (non-hydrogen) atoms. The van der Waals surface area contributed by atoms with E-state index in [-0.39, 0.29) is 10.9 Å². The summed E-state index contributed by atoms with van der Waals surface area (Å²) in [5, 5.41) is -0.454. The maximum atomic E-state index is 13.0. The third-order valence-corrected chi connectivity index (χ3v) is 5.21. The fourth-order valence-corrected chi connectivity index (χ4v) is 3.97. The highest BCUT2D eigenvalue weighted by Gasteiger charge is 2.33. The lowest BCUT2D eigenvalue weighted by Crippen LogP contribution is -2.22. The molecule has 1 aliphatic carbocycles. The Morgan fingerprint density at radius 3 is 2.62 bits per heavy atom. The second kappa shape index (κ2) is 4.14. The van der Waals surface area contributed by atoms with Gasteiger partial charge in [-0.25, -0.2) is 12.8 Å². The predicted octanol–water partition coefficient (Wildman–Crippen LogP) is 1.48. The van der Waals surface area contributed by atoms with E-state index in [9.17, 15) is 12.8 Å². The lowest BCUT2D eigenvalue weighted by atomic mass is 10.3. The fraction of sp³-hybridized carbons (Fsp3) is 0.455. The highest BCUT2D eigenvalue weighted by molar-refractivity contribution is 7.92. The molecule has 1 aromatic carbocycles. The normalized spacial score (nSPS) is 25.9. The number of benzene rings is 1. The Morgan fingerprint density at radius 2 is 2.06 bits per heavy atom. The van der Waals surface area contributed by atoms with Gasteiger partial charge in [0.05, 0.1) is 10.1 Å². The van der Waals surface area contributed by atoms with Gasteiger partial charge in [-0.1, -0.05) is 6.07 Å². The molecule has 0 bridgehead atoms. The van der Waals surface area contributed by atoms with E-state index in [2.05, 4.69) is 0 Å². The van der Waals surface area contributed by atoms with Gasteiger partial charge in [0.25, 0.3) is 0 Å². The molecule has 0 spiro atoms. The minimum atomic E-state index is -3.41. The van der Waals surface area contributed by atoms with Crippen molar-refractivity contribution in [3.8, 4) is 0 Å². The Morgan fingerprint density at radius 1 is 1.31 bits per heavy atom. The molecule has 0 radical (unpaired) electrons. The number of rotatable bonds is 2. The summed E-state index contributed by atoms with van der Waals surface area (Å²) in [6.45, 7) is 0. The van der Waals surface area contributed by atoms with Crippen molar-refractivity contribution in [1.82, 2.24) is 0 Å². The molecule has 5 heteroatoms. The summed E-state index contributed by atoms with van der Waals surface area (Å²) in [4.78, 5) is 0.0617. The van der Waals surface area contributed by atoms with Crippen LogP contribution in [0.1, 0.15) is 19.3 Å². The van der Waals surface area contributed by atoms with Crippen molar-refractivity contribution in [3.05, 3.63) is 30.1 Å². The molecule has 2 rings (SSSR count). The highest BCUT2D eigenvalue weighted by Crippen LogP contribution is 2.29. The van der Waals surface area contributed by atoms with Gasteiger partial charge in [0.2, 0.25) is 0 Å². The summed E-state index contributed by atoms with van der Waals surface area (Å²) in [5.41, 5.74) is 5.69. The average Bonchev–Trinajstić information content (AvgIpc) is 2.65. The van der Waals surface area contributed by atoms with Gasteiger partial charge in [0.1, 0.15) is 5.82 Å². The fourth-order valence-electron chi connectivity index (χ4n) is 2.09. The van der Waals surface area contributed by atoms with E-state index in [0.717, 1.165) is 12.5 Å². The predicted molar refractivity (Wildman–Crippen MR) is 59.2 cm³/mol. The molecule has 2 N–H and O–H groups in total. The number of sulfone groups is 1. The summed E-state index contributed by atoms with van der Waals surface area (Å²) in [6.07, 6.45) is 1.76. The molecular formula is C11H14FNO2S. The van der Waals surface area contributed by atoms with Crippen molar-refractivity contribution in [1.29, 1.82) is 0 Å². The van der Waals surface area contributed by atoms with Crippen LogP contribution in [0.3, 0.4) is 0 Å². The molecule has 1 aliphatic rings. The van der Waals surface area contributed by atoms with E-state index in [4.69, 9.17) is 5.73 Å². The van der Waals surface area contributed by atoms with Crippen LogP contribution in [0.5, 0.6) is 0 Å². The maximum Gasteiger partial charge on any atom is 0.181 e. The summed E-state index contributed by atoms with van der Waals surface area (Å²) >= 11 is 0. The quantitative estimate of drug-likeness (QED) is 0.855. The first-order valence-electron chi connectivity index (χ1n) is 5.25. The Kier molecular flexibility index (Phi) is 2.99. The smallest absolute Gasteiger partial charge is 0.181 e. The van der Waals surface area contributed by atoms with Crippen molar-refractivity contribution in [2.24, 2.45) is 5.73 Å². The maximum absolute atomic E-state index is 13.0. The van der Waals surface area contributed by atoms with Gasteiger partial charge in [0, 0.05) is 6.04 Å². The zero-order valence-corrected chi connectivity index (χ0v) is 9.58. The molecular weight excluding hydrogens is 229 g/mol. The molecule has 0 heterocycles. The van der Waals surface area contributed by atoms with Crippen molar-refractivity contribution < 1.29 is 12.8 Å². The van der Waals surface area contributed by atoms with Crippen LogP contribution in [-0.2, 0) is 9.84 Å². The van der Waals surface area contributed by atoms with Crippen LogP contribution in [0, 0.1) is 5.82 Å². The molecule has 0 aromatic heterocycles. The minimum absolute atomic E-state index is 0.0478. The SMILES string of the molecule is NC1CCC(S(=O)(=O)c2cccc(F)c2)C1. The van der Waals surface area contributed by atoms with Crippen molar-refractivity contribution in [2.75, 3.05) is 0 Å². The average molecular weight is 243 g/mol. The first-order valence-corrected chi connectivity index (χ1v) is 6.80. The summed E-state index contributed by atoms with van der Waals surface area (Å²) < 4.78 is 37.2. The molecule has 0 aliphatic heterocycles. The van der Waals surface area contributed by atoms with E-state index in [0.29, 0.717) is 12.8 Å². The van der Waals surface area contributed by atoms with Crippen LogP contribution < -0.4 is 5.73 Å². The molecule has 3 nitrogen and oxygen atoms in total. The van der Waals surface area contributed by atoms with Crippen LogP contribution in [-0.4, -0.2) is 19.7 Å². The molecule has 2 atom stereocenters. The topological polar surface area (TPSA) is 60.2 Å². The number of hydrogen-bond donors (Lipinski definition) is 1. The molecule has 0 saturated heterocycles. The van der Waals surface area contributed by atoms with Gasteiger partial charge < -0.3 is 5.73 Å². The molecule has 1 saturated carbocycles.